The van der Waals surface area contributed by atoms with E-state index in [1.54, 1.807) is 0 Å². The molecule has 0 bridgehead atoms. The average Bonchev–Trinajstić information content (AvgIpc) is 3.93. The fraction of sp³-hybridized carbons (Fsp3) is 0.0725. The highest BCUT2D eigenvalue weighted by molar-refractivity contribution is 7.70. The summed E-state index contributed by atoms with van der Waals surface area (Å²) >= 11 is 0. The van der Waals surface area contributed by atoms with Gasteiger partial charge in [-0.3, -0.25) is 9.34 Å². The number of nitrogens with zero attached hydrogens (tertiary/aromatic N) is 3. The molecule has 3 aliphatic rings. The second-order valence-electron chi connectivity index (χ2n) is 19.7. The molecule has 10 aromatic rings. The van der Waals surface area contributed by atoms with Crippen LogP contribution in [0, 0.1) is 0 Å². The van der Waals surface area contributed by atoms with Crippen LogP contribution in [0.1, 0.15) is 43.4 Å². The van der Waals surface area contributed by atoms with E-state index in [0.717, 1.165) is 41.2 Å². The minimum atomic E-state index is -1.14. The molecule has 4 heteroatoms. The molecule has 1 aliphatic heterocycles. The zero-order valence-corrected chi connectivity index (χ0v) is 42.0. The van der Waals surface area contributed by atoms with Crippen molar-refractivity contribution < 1.29 is 0 Å². The Morgan fingerprint density at radius 2 is 0.918 bits per heavy atom. The number of hydrogen-bond donors (Lipinski definition) is 0. The average molecular weight is 956 g/mol. The molecule has 1 heterocycles. The van der Waals surface area contributed by atoms with E-state index in [1.165, 1.54) is 83.6 Å². The number of allylic oxidation sites excluding steroid dienone is 4. The van der Waals surface area contributed by atoms with Crippen LogP contribution in [0.25, 0.3) is 50.1 Å². The summed E-state index contributed by atoms with van der Waals surface area (Å²) in [5.74, 6) is 0. The van der Waals surface area contributed by atoms with Crippen LogP contribution in [0.15, 0.2) is 267 Å². The maximum absolute atomic E-state index is 2.61. The Bertz CT molecular complexity index is 3710. The van der Waals surface area contributed by atoms with E-state index >= 15 is 0 Å². The predicted molar refractivity (Wildman–Crippen MR) is 312 cm³/mol. The van der Waals surface area contributed by atoms with Crippen molar-refractivity contribution in [2.24, 2.45) is 0 Å². The molecule has 1 unspecified atom stereocenters. The molecular formula is C69H54N3P. The second kappa shape index (κ2) is 18.6. The van der Waals surface area contributed by atoms with Crippen LogP contribution in [0.5, 0.6) is 0 Å². The lowest BCUT2D eigenvalue weighted by Gasteiger charge is -2.33. The van der Waals surface area contributed by atoms with Gasteiger partial charge in [-0.2, -0.15) is 0 Å². The topological polar surface area (TPSA) is 9.72 Å². The van der Waals surface area contributed by atoms with Gasteiger partial charge < -0.3 is 4.90 Å². The molecule has 1 atom stereocenters. The summed E-state index contributed by atoms with van der Waals surface area (Å²) in [6.07, 6.45) is 9.09. The van der Waals surface area contributed by atoms with Gasteiger partial charge in [-0.25, -0.2) is 0 Å². The van der Waals surface area contributed by atoms with Gasteiger partial charge in [-0.05, 0) is 141 Å². The van der Waals surface area contributed by atoms with Crippen LogP contribution in [-0.4, -0.2) is 0 Å². The maximum atomic E-state index is 2.61. The van der Waals surface area contributed by atoms with Crippen LogP contribution in [0.2, 0.25) is 0 Å². The highest BCUT2D eigenvalue weighted by Gasteiger charge is 2.41. The maximum Gasteiger partial charge on any atom is 0.138 e. The number of rotatable bonds is 10. The highest BCUT2D eigenvalue weighted by atomic mass is 31.1. The molecular weight excluding hydrogens is 902 g/mol. The van der Waals surface area contributed by atoms with Gasteiger partial charge in [-0.1, -0.05) is 214 Å². The summed E-state index contributed by atoms with van der Waals surface area (Å²) < 4.78 is 5.20. The number of anilines is 7. The third kappa shape index (κ3) is 7.98. The first kappa shape index (κ1) is 44.5. The summed E-state index contributed by atoms with van der Waals surface area (Å²) in [6, 6.07) is 92.0. The Kier molecular flexibility index (Phi) is 11.3. The van der Waals surface area contributed by atoms with Crippen molar-refractivity contribution in [2.45, 2.75) is 32.1 Å². The van der Waals surface area contributed by atoms with Crippen molar-refractivity contribution in [3.8, 4) is 44.5 Å². The molecule has 0 saturated carbocycles. The first-order valence-corrected chi connectivity index (χ1v) is 26.7. The van der Waals surface area contributed by atoms with Gasteiger partial charge in [0.05, 0.1) is 17.1 Å². The Morgan fingerprint density at radius 3 is 1.55 bits per heavy atom. The van der Waals surface area contributed by atoms with Crippen molar-refractivity contribution in [1.29, 1.82) is 0 Å². The van der Waals surface area contributed by atoms with E-state index in [4.69, 9.17) is 0 Å². The van der Waals surface area contributed by atoms with Crippen molar-refractivity contribution in [1.82, 2.24) is 0 Å². The van der Waals surface area contributed by atoms with E-state index in [1.807, 2.05) is 0 Å². The standard InChI is InChI=1S/C69H54N3P/c1-69(2)63-33-16-15-32-62(63)68-64(69)34-19-35-66(68)70(57-41-36-52(37-42-57)49-20-7-3-8-21-49)58-43-38-53(39-44-58)56-40-45-65-67(48-56)72(60-29-18-27-55(47-60)51-24-11-5-12-25-51)73(61-30-13-6-14-31-61)71(65)59-28-17-26-54(46-59)50-22-9-4-10-23-50/h4-7,9-48H,3,8H2,1-2H3. The molecule has 0 spiro atoms. The smallest absolute Gasteiger partial charge is 0.138 e. The third-order valence-electron chi connectivity index (χ3n) is 14.9. The zero-order valence-electron chi connectivity index (χ0n) is 41.1. The summed E-state index contributed by atoms with van der Waals surface area (Å²) in [5.41, 5.74) is 23.0. The largest absolute Gasteiger partial charge is 0.310 e. The molecule has 73 heavy (non-hydrogen) atoms. The normalized spacial score (nSPS) is 15.1. The minimum absolute atomic E-state index is 0.118. The Labute approximate surface area is 431 Å². The van der Waals surface area contributed by atoms with Gasteiger partial charge in [0, 0.05) is 39.0 Å². The van der Waals surface area contributed by atoms with Crippen molar-refractivity contribution in [3.63, 3.8) is 0 Å². The minimum Gasteiger partial charge on any atom is -0.310 e. The van der Waals surface area contributed by atoms with Gasteiger partial charge in [0.2, 0.25) is 0 Å². The van der Waals surface area contributed by atoms with Crippen molar-refractivity contribution in [2.75, 3.05) is 14.2 Å². The monoisotopic (exact) mass is 955 g/mol. The van der Waals surface area contributed by atoms with Crippen molar-refractivity contribution >= 4 is 58.9 Å². The lowest BCUT2D eigenvalue weighted by atomic mass is 9.82. The Hall–Kier alpha value is -8.49. The van der Waals surface area contributed by atoms with Gasteiger partial charge in [0.1, 0.15) is 8.22 Å². The van der Waals surface area contributed by atoms with Gasteiger partial charge in [0.15, 0.2) is 0 Å². The fourth-order valence-corrected chi connectivity index (χ4v) is 13.8. The second-order valence-corrected chi connectivity index (χ2v) is 21.6. The molecule has 0 saturated heterocycles. The first-order chi connectivity index (χ1) is 36.0. The van der Waals surface area contributed by atoms with Crippen LogP contribution in [-0.2, 0) is 5.41 Å². The third-order valence-corrected chi connectivity index (χ3v) is 17.3. The number of fused-ring (bicyclic) bond motifs is 4. The number of hydrogen-bond acceptors (Lipinski definition) is 3. The first-order valence-electron chi connectivity index (χ1n) is 25.5. The molecule has 13 rings (SSSR count). The van der Waals surface area contributed by atoms with Gasteiger partial charge in [0.25, 0.3) is 0 Å². The quantitative estimate of drug-likeness (QED) is 0.127. The van der Waals surface area contributed by atoms with E-state index in [0.29, 0.717) is 0 Å². The highest BCUT2D eigenvalue weighted by Crippen LogP contribution is 2.66. The van der Waals surface area contributed by atoms with E-state index < -0.39 is 8.22 Å². The zero-order chi connectivity index (χ0) is 48.9. The molecule has 2 aliphatic carbocycles. The van der Waals surface area contributed by atoms with Gasteiger partial charge in [-0.15, -0.1) is 0 Å². The van der Waals surface area contributed by atoms with Crippen LogP contribution < -0.4 is 19.5 Å². The fourth-order valence-electron chi connectivity index (χ4n) is 11.3. The molecule has 0 N–H and O–H groups in total. The van der Waals surface area contributed by atoms with Crippen LogP contribution in [0.3, 0.4) is 0 Å². The lowest BCUT2D eigenvalue weighted by molar-refractivity contribution is 0.660. The summed E-state index contributed by atoms with van der Waals surface area (Å²) in [4.78, 5) is 2.47. The molecule has 3 nitrogen and oxygen atoms in total. The summed E-state index contributed by atoms with van der Waals surface area (Å²) in [5, 5.41) is 1.27. The molecule has 0 aromatic heterocycles. The Morgan fingerprint density at radius 1 is 0.411 bits per heavy atom. The molecule has 0 fully saturated rings. The van der Waals surface area contributed by atoms with Crippen molar-refractivity contribution in [3.05, 3.63) is 284 Å². The Balaban J connectivity index is 0.950. The SMILES string of the molecule is CC1(C)c2ccccc2-c2c(N(c3ccc(C4=CCCC=C4)cc3)c3ccc(-c4ccc5c(c4)N(c4cccc(-c6ccccc6)c4)P(c4ccccc4)N5c4cccc(-c5ccccc5)c4)cc3)cccc21. The number of benzene rings is 10. The van der Waals surface area contributed by atoms with E-state index in [2.05, 4.69) is 295 Å². The molecule has 0 radical (unpaired) electrons. The summed E-state index contributed by atoms with van der Waals surface area (Å²) in [7, 11) is -1.14. The van der Waals surface area contributed by atoms with Gasteiger partial charge >= 0.3 is 0 Å². The predicted octanol–water partition coefficient (Wildman–Crippen LogP) is 19.1. The van der Waals surface area contributed by atoms with Crippen LogP contribution >= 0.6 is 8.22 Å². The summed E-state index contributed by atoms with van der Waals surface area (Å²) in [6.45, 7) is 4.73. The lowest BCUT2D eigenvalue weighted by Crippen LogP contribution is -2.22. The molecule has 0 amide bonds. The van der Waals surface area contributed by atoms with Crippen LogP contribution in [0.4, 0.5) is 39.8 Å². The molecule has 350 valence electrons. The van der Waals surface area contributed by atoms with E-state index in [9.17, 15) is 0 Å². The van der Waals surface area contributed by atoms with E-state index in [-0.39, 0.29) is 5.41 Å². The molecule has 10 aromatic carbocycles.